The van der Waals surface area contributed by atoms with Crippen LogP contribution in [0.2, 0.25) is 5.02 Å². The Kier molecular flexibility index (Phi) is 7.93. The Labute approximate surface area is 215 Å². The molecule has 1 aliphatic heterocycles. The van der Waals surface area contributed by atoms with Crippen LogP contribution in [0.1, 0.15) is 25.0 Å². The summed E-state index contributed by atoms with van der Waals surface area (Å²) in [6, 6.07) is 23.3. The molecule has 1 fully saturated rings. The van der Waals surface area contributed by atoms with Crippen LogP contribution in [0.15, 0.2) is 77.7 Å². The monoisotopic (exact) mass is 508 g/mol. The molecule has 3 aromatic carbocycles. The van der Waals surface area contributed by atoms with E-state index in [1.54, 1.807) is 18.2 Å². The Morgan fingerprint density at radius 2 is 1.79 bits per heavy atom. The van der Waals surface area contributed by atoms with Gasteiger partial charge in [-0.25, -0.2) is 0 Å². The molecule has 3 aromatic rings. The first-order valence-corrected chi connectivity index (χ1v) is 12.7. The predicted molar refractivity (Wildman–Crippen MR) is 148 cm³/mol. The van der Waals surface area contributed by atoms with E-state index in [1.165, 1.54) is 16.7 Å². The summed E-state index contributed by atoms with van der Waals surface area (Å²) in [6.07, 6.45) is 1.86. The van der Waals surface area contributed by atoms with Gasteiger partial charge in [0.2, 0.25) is 0 Å². The highest BCUT2D eigenvalue weighted by Gasteiger charge is 2.33. The Hall–Kier alpha value is -2.80. The number of halogens is 1. The van der Waals surface area contributed by atoms with Crippen LogP contribution in [-0.4, -0.2) is 23.3 Å². The van der Waals surface area contributed by atoms with E-state index >= 15 is 0 Å². The third kappa shape index (κ3) is 5.46. The first-order chi connectivity index (χ1) is 16.5. The summed E-state index contributed by atoms with van der Waals surface area (Å²) in [5.41, 5.74) is 3.65. The minimum Gasteiger partial charge on any atom is -0.488 e. The number of benzene rings is 3. The number of hydrogen-bond donors (Lipinski definition) is 0. The van der Waals surface area contributed by atoms with Gasteiger partial charge in [0.25, 0.3) is 5.91 Å². The lowest BCUT2D eigenvalue weighted by Gasteiger charge is -2.22. The van der Waals surface area contributed by atoms with Crippen molar-refractivity contribution in [1.29, 1.82) is 0 Å². The molecule has 1 saturated heterocycles. The fourth-order valence-corrected chi connectivity index (χ4v) is 5.21. The smallest absolute Gasteiger partial charge is 0.270 e. The Bertz CT molecular complexity index is 1230. The molecule has 0 aliphatic carbocycles. The second-order valence-electron chi connectivity index (χ2n) is 7.67. The van der Waals surface area contributed by atoms with Crippen molar-refractivity contribution >= 4 is 63.3 Å². The third-order valence-corrected chi connectivity index (χ3v) is 7.05. The zero-order valence-corrected chi connectivity index (χ0v) is 21.4. The van der Waals surface area contributed by atoms with Gasteiger partial charge < -0.3 is 9.64 Å². The molecule has 174 valence electrons. The quantitative estimate of drug-likeness (QED) is 0.238. The lowest BCUT2D eigenvalue weighted by molar-refractivity contribution is -0.113. The van der Waals surface area contributed by atoms with E-state index < -0.39 is 0 Å². The number of thioether (sulfide) groups is 1. The zero-order valence-electron chi connectivity index (χ0n) is 19.0. The minimum atomic E-state index is -0.168. The van der Waals surface area contributed by atoms with Crippen molar-refractivity contribution in [2.45, 2.75) is 20.5 Å². The number of amides is 1. The van der Waals surface area contributed by atoms with E-state index in [0.717, 1.165) is 35.7 Å². The maximum absolute atomic E-state index is 13.2. The fraction of sp³-hybridized carbons (Fsp3) is 0.185. The van der Waals surface area contributed by atoms with Crippen molar-refractivity contribution in [3.63, 3.8) is 0 Å². The molecule has 4 rings (SSSR count). The van der Waals surface area contributed by atoms with Crippen molar-refractivity contribution in [3.05, 3.63) is 93.9 Å². The summed E-state index contributed by atoms with van der Waals surface area (Å²) in [7, 11) is 0. The molecule has 0 bridgehead atoms. The van der Waals surface area contributed by atoms with Gasteiger partial charge in [-0.15, -0.1) is 0 Å². The van der Waals surface area contributed by atoms with Gasteiger partial charge in [0.1, 0.15) is 12.4 Å². The van der Waals surface area contributed by atoms with E-state index in [-0.39, 0.29) is 5.91 Å². The number of nitrogens with zero attached hydrogens (tertiary/aromatic N) is 2. The largest absolute Gasteiger partial charge is 0.488 e. The van der Waals surface area contributed by atoms with Crippen molar-refractivity contribution in [2.75, 3.05) is 22.9 Å². The summed E-state index contributed by atoms with van der Waals surface area (Å²) in [5, 5.41) is 0.555. The number of ether oxygens (including phenoxy) is 1. The molecule has 0 spiro atoms. The van der Waals surface area contributed by atoms with Gasteiger partial charge in [-0.2, -0.15) is 0 Å². The maximum atomic E-state index is 13.2. The first-order valence-electron chi connectivity index (χ1n) is 11.1. The Morgan fingerprint density at radius 3 is 2.50 bits per heavy atom. The molecule has 1 aliphatic rings. The number of thiocarbonyl (C=S) groups is 1. The Morgan fingerprint density at radius 1 is 1.03 bits per heavy atom. The van der Waals surface area contributed by atoms with Gasteiger partial charge in [-0.05, 0) is 55.8 Å². The summed E-state index contributed by atoms with van der Waals surface area (Å²) >= 11 is 12.9. The third-order valence-electron chi connectivity index (χ3n) is 5.51. The topological polar surface area (TPSA) is 32.8 Å². The molecule has 0 aromatic heterocycles. The molecular formula is C27H25ClN2O2S2. The number of rotatable bonds is 8. The van der Waals surface area contributed by atoms with Gasteiger partial charge in [0.15, 0.2) is 4.32 Å². The highest BCUT2D eigenvalue weighted by Crippen LogP contribution is 2.38. The van der Waals surface area contributed by atoms with E-state index in [4.69, 9.17) is 28.6 Å². The average Bonchev–Trinajstić information content (AvgIpc) is 3.12. The van der Waals surface area contributed by atoms with Crippen molar-refractivity contribution in [1.82, 2.24) is 0 Å². The summed E-state index contributed by atoms with van der Waals surface area (Å²) in [5.74, 6) is 0.556. The van der Waals surface area contributed by atoms with Crippen molar-refractivity contribution in [3.8, 4) is 5.75 Å². The van der Waals surface area contributed by atoms with Crippen molar-refractivity contribution < 1.29 is 9.53 Å². The van der Waals surface area contributed by atoms with Gasteiger partial charge in [-0.3, -0.25) is 9.69 Å². The summed E-state index contributed by atoms with van der Waals surface area (Å²) in [4.78, 5) is 17.6. The lowest BCUT2D eigenvalue weighted by Crippen LogP contribution is -2.27. The molecule has 34 heavy (non-hydrogen) atoms. The van der Waals surface area contributed by atoms with E-state index in [2.05, 4.69) is 24.8 Å². The number of carbonyl (C=O) groups is 1. The molecule has 0 unspecified atom stereocenters. The maximum Gasteiger partial charge on any atom is 0.270 e. The highest BCUT2D eigenvalue weighted by molar-refractivity contribution is 8.27. The summed E-state index contributed by atoms with van der Waals surface area (Å²) < 4.78 is 6.72. The van der Waals surface area contributed by atoms with E-state index in [1.807, 2.05) is 54.6 Å². The van der Waals surface area contributed by atoms with Gasteiger partial charge in [0, 0.05) is 35.4 Å². The molecule has 0 N–H and O–H groups in total. The molecule has 4 nitrogen and oxygen atoms in total. The SMILES string of the molecule is CCN(CC)c1ccc(/C=C2\SC(=S)N(c3cccc(Cl)c3)C2=O)c(OCc2ccccc2)c1. The van der Waals surface area contributed by atoms with Crippen LogP contribution in [0.4, 0.5) is 11.4 Å². The molecule has 0 atom stereocenters. The molecule has 0 radical (unpaired) electrons. The minimum absolute atomic E-state index is 0.168. The van der Waals surface area contributed by atoms with Crippen molar-refractivity contribution in [2.24, 2.45) is 0 Å². The fourth-order valence-electron chi connectivity index (χ4n) is 3.73. The van der Waals surface area contributed by atoms with Crippen LogP contribution < -0.4 is 14.5 Å². The number of hydrogen-bond acceptors (Lipinski definition) is 5. The highest BCUT2D eigenvalue weighted by atomic mass is 35.5. The standard InChI is InChI=1S/C27H25ClN2O2S2/c1-3-29(4-2)22-14-13-20(24(17-22)32-18-19-9-6-5-7-10-19)15-25-26(31)30(27(33)34-25)23-12-8-11-21(28)16-23/h5-17H,3-4,18H2,1-2H3/b25-15-. The molecule has 7 heteroatoms. The second kappa shape index (κ2) is 11.1. The van der Waals surface area contributed by atoms with Gasteiger partial charge in [0.05, 0.1) is 10.6 Å². The molecule has 0 saturated carbocycles. The Balaban J connectivity index is 1.66. The summed E-state index contributed by atoms with van der Waals surface area (Å²) in [6.45, 7) is 6.48. The van der Waals surface area contributed by atoms with Crippen LogP contribution >= 0.6 is 35.6 Å². The normalized spacial score (nSPS) is 14.7. The van der Waals surface area contributed by atoms with Crippen LogP contribution in [0.25, 0.3) is 6.08 Å². The predicted octanol–water partition coefficient (Wildman–Crippen LogP) is 7.17. The lowest BCUT2D eigenvalue weighted by atomic mass is 10.1. The number of anilines is 2. The molecular weight excluding hydrogens is 484 g/mol. The van der Waals surface area contributed by atoms with Crippen LogP contribution in [0.5, 0.6) is 5.75 Å². The van der Waals surface area contributed by atoms with Gasteiger partial charge in [-0.1, -0.05) is 72.0 Å². The van der Waals surface area contributed by atoms with Crippen LogP contribution in [0, 0.1) is 0 Å². The average molecular weight is 509 g/mol. The molecule has 1 amide bonds. The second-order valence-corrected chi connectivity index (χ2v) is 9.78. The van der Waals surface area contributed by atoms with E-state index in [9.17, 15) is 4.79 Å². The van der Waals surface area contributed by atoms with Gasteiger partial charge >= 0.3 is 0 Å². The van der Waals surface area contributed by atoms with Crippen LogP contribution in [-0.2, 0) is 11.4 Å². The van der Waals surface area contributed by atoms with E-state index in [0.29, 0.717) is 26.5 Å². The molecule has 1 heterocycles. The van der Waals surface area contributed by atoms with Crippen LogP contribution in [0.3, 0.4) is 0 Å². The zero-order chi connectivity index (χ0) is 24.1. The number of carbonyl (C=O) groups excluding carboxylic acids is 1. The first kappa shape index (κ1) is 24.3.